The molecule has 0 fully saturated rings. The molecule has 0 unspecified atom stereocenters. The first-order valence-corrected chi connectivity index (χ1v) is 9.18. The molecule has 0 aliphatic rings. The fourth-order valence-corrected chi connectivity index (χ4v) is 2.67. The fourth-order valence-electron chi connectivity index (χ4n) is 2.50. The molecule has 2 aromatic rings. The predicted octanol–water partition coefficient (Wildman–Crippen LogP) is 4.24. The third-order valence-electron chi connectivity index (χ3n) is 4.00. The topological polar surface area (TPSA) is 108 Å². The second kappa shape index (κ2) is 9.88. The molecule has 0 aliphatic carbocycles. The third-order valence-corrected chi connectivity index (χ3v) is 4.40. The summed E-state index contributed by atoms with van der Waals surface area (Å²) in [6.07, 6.45) is 0. The number of aryl methyl sites for hydroxylation is 1. The Morgan fingerprint density at radius 1 is 1.21 bits per heavy atom. The normalized spacial score (nSPS) is 10.5. The molecule has 0 bridgehead atoms. The van der Waals surface area contributed by atoms with E-state index in [-0.39, 0.29) is 23.9 Å². The van der Waals surface area contributed by atoms with Crippen LogP contribution in [-0.4, -0.2) is 30.0 Å². The number of carbonyl (C=O) groups is 2. The number of anilines is 1. The van der Waals surface area contributed by atoms with E-state index in [0.717, 1.165) is 11.1 Å². The summed E-state index contributed by atoms with van der Waals surface area (Å²) in [4.78, 5) is 34.2. The van der Waals surface area contributed by atoms with Crippen LogP contribution < -0.4 is 10.1 Å². The number of carbonyl (C=O) groups excluding carboxylic acids is 2. The van der Waals surface area contributed by atoms with Crippen LogP contribution in [-0.2, 0) is 14.3 Å². The number of hydrogen-bond acceptors (Lipinski definition) is 6. The van der Waals surface area contributed by atoms with Gasteiger partial charge < -0.3 is 14.8 Å². The van der Waals surface area contributed by atoms with Gasteiger partial charge in [-0.2, -0.15) is 0 Å². The number of nitrogens with one attached hydrogen (secondary N) is 1. The van der Waals surface area contributed by atoms with Crippen LogP contribution in [0.2, 0.25) is 5.02 Å². The van der Waals surface area contributed by atoms with E-state index < -0.39 is 23.4 Å². The molecule has 1 amide bonds. The number of nitro groups is 1. The first-order chi connectivity index (χ1) is 13.7. The molecule has 0 aliphatic heterocycles. The van der Waals surface area contributed by atoms with Crippen molar-refractivity contribution < 1.29 is 24.0 Å². The number of para-hydroxylation sites is 2. The molecule has 154 valence electrons. The van der Waals surface area contributed by atoms with E-state index in [1.807, 2.05) is 20.8 Å². The van der Waals surface area contributed by atoms with Crippen LogP contribution in [0.5, 0.6) is 5.75 Å². The highest BCUT2D eigenvalue weighted by atomic mass is 35.5. The van der Waals surface area contributed by atoms with Gasteiger partial charge in [0.25, 0.3) is 11.6 Å². The zero-order valence-corrected chi connectivity index (χ0v) is 17.0. The van der Waals surface area contributed by atoms with Crippen LogP contribution in [0.1, 0.15) is 30.9 Å². The van der Waals surface area contributed by atoms with Gasteiger partial charge in [-0.1, -0.05) is 37.6 Å². The molecular weight excluding hydrogens is 400 g/mol. The Kier molecular flexibility index (Phi) is 7.55. The molecule has 29 heavy (non-hydrogen) atoms. The lowest BCUT2D eigenvalue weighted by molar-refractivity contribution is -0.383. The van der Waals surface area contributed by atoms with Crippen LogP contribution in [0, 0.1) is 17.0 Å². The van der Waals surface area contributed by atoms with Gasteiger partial charge in [0, 0.05) is 11.1 Å². The average molecular weight is 421 g/mol. The monoisotopic (exact) mass is 420 g/mol. The van der Waals surface area contributed by atoms with E-state index in [4.69, 9.17) is 21.1 Å². The minimum Gasteiger partial charge on any atom is -0.482 e. The van der Waals surface area contributed by atoms with Gasteiger partial charge >= 0.3 is 5.97 Å². The zero-order chi connectivity index (χ0) is 21.6. The Balaban J connectivity index is 1.90. The molecule has 0 radical (unpaired) electrons. The van der Waals surface area contributed by atoms with Crippen LogP contribution in [0.15, 0.2) is 36.4 Å². The summed E-state index contributed by atoms with van der Waals surface area (Å²) in [5.41, 5.74) is 1.42. The summed E-state index contributed by atoms with van der Waals surface area (Å²) in [6.45, 7) is 4.79. The van der Waals surface area contributed by atoms with Crippen molar-refractivity contribution in [3.63, 3.8) is 0 Å². The van der Waals surface area contributed by atoms with E-state index >= 15 is 0 Å². The second-order valence-electron chi connectivity index (χ2n) is 6.57. The van der Waals surface area contributed by atoms with Gasteiger partial charge in [-0.15, -0.1) is 0 Å². The Morgan fingerprint density at radius 2 is 1.90 bits per heavy atom. The first-order valence-electron chi connectivity index (χ1n) is 8.80. The minimum atomic E-state index is -0.745. The molecular formula is C20H21ClN2O6. The van der Waals surface area contributed by atoms with Gasteiger partial charge in [-0.05, 0) is 42.2 Å². The van der Waals surface area contributed by atoms with E-state index in [9.17, 15) is 19.7 Å². The molecule has 0 spiro atoms. The Labute approximate surface area is 172 Å². The lowest BCUT2D eigenvalue weighted by atomic mass is 10.0. The maximum atomic E-state index is 11.9. The number of nitrogens with zero attached hydrogens (tertiary/aromatic N) is 1. The van der Waals surface area contributed by atoms with E-state index in [2.05, 4.69) is 5.32 Å². The smallest absolute Gasteiger partial charge is 0.344 e. The van der Waals surface area contributed by atoms with E-state index in [0.29, 0.717) is 10.8 Å². The Bertz CT molecular complexity index is 929. The molecule has 8 nitrogen and oxygen atoms in total. The highest BCUT2D eigenvalue weighted by Gasteiger charge is 2.17. The molecule has 0 atom stereocenters. The van der Waals surface area contributed by atoms with Crippen molar-refractivity contribution in [1.29, 1.82) is 0 Å². The molecule has 1 N–H and O–H groups in total. The van der Waals surface area contributed by atoms with Gasteiger partial charge in [0.1, 0.15) is 11.4 Å². The largest absolute Gasteiger partial charge is 0.482 e. The highest BCUT2D eigenvalue weighted by molar-refractivity contribution is 6.31. The van der Waals surface area contributed by atoms with E-state index in [1.54, 1.807) is 18.2 Å². The molecule has 0 saturated carbocycles. The highest BCUT2D eigenvalue weighted by Crippen LogP contribution is 2.32. The summed E-state index contributed by atoms with van der Waals surface area (Å²) in [7, 11) is 0. The number of ether oxygens (including phenoxy) is 2. The summed E-state index contributed by atoms with van der Waals surface area (Å²) < 4.78 is 10.4. The van der Waals surface area contributed by atoms with Gasteiger partial charge in [0.15, 0.2) is 13.2 Å². The number of nitro benzene ring substituents is 1. The maximum Gasteiger partial charge on any atom is 0.344 e. The lowest BCUT2D eigenvalue weighted by Gasteiger charge is -2.15. The fraction of sp³-hybridized carbons (Fsp3) is 0.300. The van der Waals surface area contributed by atoms with Crippen LogP contribution in [0.3, 0.4) is 0 Å². The number of rotatable bonds is 8. The second-order valence-corrected chi connectivity index (χ2v) is 6.97. The first kappa shape index (κ1) is 22.2. The SMILES string of the molecule is Cc1cc(OCC(=O)OCC(=O)Nc2ccccc2[N+](=O)[O-])c(C(C)C)cc1Cl. The van der Waals surface area contributed by atoms with Crippen LogP contribution >= 0.6 is 11.6 Å². The van der Waals surface area contributed by atoms with Gasteiger partial charge in [0.05, 0.1) is 4.92 Å². The number of benzene rings is 2. The molecule has 2 rings (SSSR count). The maximum absolute atomic E-state index is 11.9. The number of esters is 1. The summed E-state index contributed by atoms with van der Waals surface area (Å²) in [5, 5.41) is 13.9. The average Bonchev–Trinajstić information content (AvgIpc) is 2.67. The number of hydrogen-bond donors (Lipinski definition) is 1. The van der Waals surface area contributed by atoms with Gasteiger partial charge in [-0.3, -0.25) is 14.9 Å². The standard InChI is InChI=1S/C20H21ClN2O6/c1-12(2)14-9-15(21)13(3)8-18(14)28-11-20(25)29-10-19(24)22-16-6-4-5-7-17(16)23(26)27/h4-9,12H,10-11H2,1-3H3,(H,22,24). The van der Waals surface area contributed by atoms with Gasteiger partial charge in [-0.25, -0.2) is 4.79 Å². The van der Waals surface area contributed by atoms with Crippen LogP contribution in [0.4, 0.5) is 11.4 Å². The van der Waals surface area contributed by atoms with Crippen LogP contribution in [0.25, 0.3) is 0 Å². The molecule has 0 aromatic heterocycles. The summed E-state index contributed by atoms with van der Waals surface area (Å²) in [5.74, 6) is -0.794. The molecule has 2 aromatic carbocycles. The van der Waals surface area contributed by atoms with Crippen molar-refractivity contribution >= 4 is 34.9 Å². The van der Waals surface area contributed by atoms with Crippen molar-refractivity contribution in [2.45, 2.75) is 26.7 Å². The summed E-state index contributed by atoms with van der Waals surface area (Å²) >= 11 is 6.14. The number of amides is 1. The lowest BCUT2D eigenvalue weighted by Crippen LogP contribution is -2.24. The third kappa shape index (κ3) is 6.18. The molecule has 0 heterocycles. The summed E-state index contributed by atoms with van der Waals surface area (Å²) in [6, 6.07) is 9.21. The number of halogens is 1. The zero-order valence-electron chi connectivity index (χ0n) is 16.2. The van der Waals surface area contributed by atoms with Crippen molar-refractivity contribution in [3.8, 4) is 5.75 Å². The van der Waals surface area contributed by atoms with Crippen molar-refractivity contribution in [3.05, 3.63) is 62.7 Å². The van der Waals surface area contributed by atoms with Gasteiger partial charge in [0.2, 0.25) is 0 Å². The Morgan fingerprint density at radius 3 is 2.55 bits per heavy atom. The Hall–Kier alpha value is -3.13. The predicted molar refractivity (Wildman–Crippen MR) is 108 cm³/mol. The minimum absolute atomic E-state index is 0.0213. The van der Waals surface area contributed by atoms with Crippen molar-refractivity contribution in [1.82, 2.24) is 0 Å². The van der Waals surface area contributed by atoms with Crippen molar-refractivity contribution in [2.75, 3.05) is 18.5 Å². The quantitative estimate of drug-likeness (QED) is 0.388. The van der Waals surface area contributed by atoms with Crippen molar-refractivity contribution in [2.24, 2.45) is 0 Å². The molecule has 0 saturated heterocycles. The van der Waals surface area contributed by atoms with E-state index in [1.165, 1.54) is 18.2 Å². The molecule has 9 heteroatoms.